The monoisotopic (exact) mass is 228 g/mol. The fourth-order valence-corrected chi connectivity index (χ4v) is 1.40. The molecule has 0 aliphatic heterocycles. The first-order valence-corrected chi connectivity index (χ1v) is 3.94. The van der Waals surface area contributed by atoms with Crippen LogP contribution in [0.3, 0.4) is 0 Å². The van der Waals surface area contributed by atoms with Crippen molar-refractivity contribution in [2.24, 2.45) is 0 Å². The third-order valence-electron chi connectivity index (χ3n) is 1.15. The summed E-state index contributed by atoms with van der Waals surface area (Å²) in [5.74, 6) is 0. The van der Waals surface area contributed by atoms with E-state index in [-0.39, 0.29) is 38.1 Å². The van der Waals surface area contributed by atoms with Crippen LogP contribution in [-0.4, -0.2) is 0 Å². The van der Waals surface area contributed by atoms with Gasteiger partial charge in [-0.05, 0) is 5.41 Å². The molecular formula is C8H11SY-. The molecule has 0 unspecified atom stereocenters. The van der Waals surface area contributed by atoms with Gasteiger partial charge in [0, 0.05) is 32.7 Å². The van der Waals surface area contributed by atoms with E-state index in [2.05, 4.69) is 32.2 Å². The largest absolute Gasteiger partial charge is 0.269 e. The van der Waals surface area contributed by atoms with E-state index < -0.39 is 0 Å². The Bertz CT molecular complexity index is 172. The summed E-state index contributed by atoms with van der Waals surface area (Å²) >= 11 is 1.77. The van der Waals surface area contributed by atoms with Crippen LogP contribution in [0.1, 0.15) is 25.6 Å². The quantitative estimate of drug-likeness (QED) is 0.599. The van der Waals surface area contributed by atoms with Gasteiger partial charge in [-0.15, -0.1) is 0 Å². The molecule has 1 aromatic heterocycles. The van der Waals surface area contributed by atoms with Crippen LogP contribution in [0.4, 0.5) is 0 Å². The first kappa shape index (κ1) is 10.8. The maximum Gasteiger partial charge on any atom is 0 e. The molecule has 0 nitrogen and oxygen atoms in total. The van der Waals surface area contributed by atoms with Crippen LogP contribution >= 0.6 is 11.3 Å². The van der Waals surface area contributed by atoms with E-state index in [1.54, 1.807) is 11.3 Å². The molecule has 0 aliphatic rings. The van der Waals surface area contributed by atoms with E-state index in [9.17, 15) is 0 Å². The fourth-order valence-electron chi connectivity index (χ4n) is 0.639. The summed E-state index contributed by atoms with van der Waals surface area (Å²) in [5, 5.41) is 2.07. The van der Waals surface area contributed by atoms with Gasteiger partial charge in [-0.1, -0.05) is 25.6 Å². The van der Waals surface area contributed by atoms with Gasteiger partial charge in [0.15, 0.2) is 0 Å². The molecule has 0 aromatic carbocycles. The standard InChI is InChI=1S/C8H11S.Y/c1-8(2,3)7-5-4-6-9-7;/h4,6H,1-3H3;/q-1;. The summed E-state index contributed by atoms with van der Waals surface area (Å²) in [6, 6.07) is 5.17. The zero-order chi connectivity index (χ0) is 6.91. The minimum atomic E-state index is 0. The van der Waals surface area contributed by atoms with Crippen LogP contribution in [-0.2, 0) is 38.1 Å². The molecule has 0 spiro atoms. The van der Waals surface area contributed by atoms with Gasteiger partial charge in [-0.25, -0.2) is 12.1 Å². The van der Waals surface area contributed by atoms with Crippen molar-refractivity contribution in [2.75, 3.05) is 0 Å². The molecule has 0 bridgehead atoms. The van der Waals surface area contributed by atoms with Crippen molar-refractivity contribution in [3.63, 3.8) is 0 Å². The third-order valence-corrected chi connectivity index (χ3v) is 2.39. The second kappa shape index (κ2) is 3.99. The molecule has 0 saturated carbocycles. The Balaban J connectivity index is 0.000000810. The van der Waals surface area contributed by atoms with Crippen molar-refractivity contribution in [1.29, 1.82) is 0 Å². The predicted octanol–water partition coefficient (Wildman–Crippen LogP) is 2.84. The Morgan fingerprint density at radius 2 is 2.00 bits per heavy atom. The van der Waals surface area contributed by atoms with Crippen LogP contribution in [0.2, 0.25) is 0 Å². The van der Waals surface area contributed by atoms with Crippen molar-refractivity contribution in [2.45, 2.75) is 26.2 Å². The van der Waals surface area contributed by atoms with Gasteiger partial charge >= 0.3 is 0 Å². The molecule has 0 N–H and O–H groups in total. The molecule has 0 aliphatic carbocycles. The normalized spacial score (nSPS) is 10.7. The Hall–Kier alpha value is 0.804. The summed E-state index contributed by atoms with van der Waals surface area (Å²) in [5.41, 5.74) is 0.286. The van der Waals surface area contributed by atoms with E-state index in [4.69, 9.17) is 0 Å². The Morgan fingerprint density at radius 1 is 1.40 bits per heavy atom. The molecule has 1 rings (SSSR count). The van der Waals surface area contributed by atoms with Crippen molar-refractivity contribution < 1.29 is 32.7 Å². The van der Waals surface area contributed by atoms with Crippen LogP contribution in [0, 0.1) is 6.07 Å². The van der Waals surface area contributed by atoms with E-state index in [1.165, 1.54) is 4.88 Å². The zero-order valence-electron chi connectivity index (χ0n) is 6.64. The summed E-state index contributed by atoms with van der Waals surface area (Å²) in [4.78, 5) is 1.34. The van der Waals surface area contributed by atoms with Crippen LogP contribution < -0.4 is 0 Å². The summed E-state index contributed by atoms with van der Waals surface area (Å²) in [7, 11) is 0. The second-order valence-electron chi connectivity index (χ2n) is 3.14. The van der Waals surface area contributed by atoms with Gasteiger partial charge in [-0.3, -0.25) is 11.3 Å². The Kier molecular flexibility index (Phi) is 4.31. The number of thiophene rings is 1. The summed E-state index contributed by atoms with van der Waals surface area (Å²) in [6.45, 7) is 6.61. The molecule has 1 heterocycles. The van der Waals surface area contributed by atoms with Gasteiger partial charge in [-0.2, -0.15) is 5.38 Å². The molecule has 0 amide bonds. The predicted molar refractivity (Wildman–Crippen MR) is 41.9 cm³/mol. The number of hydrogen-bond acceptors (Lipinski definition) is 1. The van der Waals surface area contributed by atoms with Crippen molar-refractivity contribution in [3.05, 3.63) is 22.4 Å². The molecule has 10 heavy (non-hydrogen) atoms. The van der Waals surface area contributed by atoms with Crippen LogP contribution in [0.15, 0.2) is 11.4 Å². The van der Waals surface area contributed by atoms with E-state index in [0.717, 1.165) is 0 Å². The van der Waals surface area contributed by atoms with Gasteiger partial charge in [0.25, 0.3) is 0 Å². The van der Waals surface area contributed by atoms with Crippen molar-refractivity contribution >= 4 is 11.3 Å². The van der Waals surface area contributed by atoms with Crippen LogP contribution in [0.25, 0.3) is 0 Å². The molecular weight excluding hydrogens is 217 g/mol. The van der Waals surface area contributed by atoms with Gasteiger partial charge in [0.05, 0.1) is 0 Å². The average Bonchev–Trinajstić information content (AvgIpc) is 2.08. The SMILES string of the molecule is CC(C)(C)c1[c-]ccs1.[Y]. The van der Waals surface area contributed by atoms with Gasteiger partial charge in [0.2, 0.25) is 0 Å². The maximum atomic E-state index is 3.20. The summed E-state index contributed by atoms with van der Waals surface area (Å²) in [6.07, 6.45) is 0. The molecule has 1 radical (unpaired) electrons. The number of rotatable bonds is 0. The Labute approximate surface area is 91.9 Å². The summed E-state index contributed by atoms with van der Waals surface area (Å²) < 4.78 is 0. The molecule has 1 aromatic rings. The molecule has 53 valence electrons. The van der Waals surface area contributed by atoms with E-state index in [0.29, 0.717) is 0 Å². The van der Waals surface area contributed by atoms with E-state index in [1.807, 2.05) is 6.07 Å². The molecule has 0 saturated heterocycles. The second-order valence-corrected chi connectivity index (χ2v) is 4.06. The van der Waals surface area contributed by atoms with Crippen LogP contribution in [0.5, 0.6) is 0 Å². The van der Waals surface area contributed by atoms with Crippen molar-refractivity contribution in [1.82, 2.24) is 0 Å². The molecule has 0 atom stereocenters. The Morgan fingerprint density at radius 3 is 2.20 bits per heavy atom. The van der Waals surface area contributed by atoms with Gasteiger partial charge in [0.1, 0.15) is 0 Å². The molecule has 0 fully saturated rings. The fraction of sp³-hybridized carbons (Fsp3) is 0.500. The minimum absolute atomic E-state index is 0. The zero-order valence-corrected chi connectivity index (χ0v) is 10.3. The topological polar surface area (TPSA) is 0 Å². The first-order chi connectivity index (χ1) is 4.11. The molecule has 2 heteroatoms. The van der Waals surface area contributed by atoms with E-state index >= 15 is 0 Å². The first-order valence-electron chi connectivity index (χ1n) is 3.06. The third kappa shape index (κ3) is 2.81. The van der Waals surface area contributed by atoms with Gasteiger partial charge < -0.3 is 0 Å². The minimum Gasteiger partial charge on any atom is -0.269 e. The maximum absolute atomic E-state index is 3.20. The average molecular weight is 228 g/mol. The van der Waals surface area contributed by atoms with Crippen molar-refractivity contribution in [3.8, 4) is 0 Å². The smallest absolute Gasteiger partial charge is 0 e. The number of hydrogen-bond donors (Lipinski definition) is 0.